The van der Waals surface area contributed by atoms with E-state index >= 15 is 0 Å². The Bertz CT molecular complexity index is 1150. The number of aryl methyl sites for hydroxylation is 1. The third kappa shape index (κ3) is 4.00. The van der Waals surface area contributed by atoms with E-state index in [-0.39, 0.29) is 11.6 Å². The Kier molecular flexibility index (Phi) is 5.32. The Morgan fingerprint density at radius 3 is 2.69 bits per heavy atom. The lowest BCUT2D eigenvalue weighted by Gasteiger charge is -2.02. The molecule has 0 aliphatic heterocycles. The molecule has 3 heterocycles. The van der Waals surface area contributed by atoms with Crippen LogP contribution >= 0.6 is 23.1 Å². The van der Waals surface area contributed by atoms with Gasteiger partial charge >= 0.3 is 0 Å². The summed E-state index contributed by atoms with van der Waals surface area (Å²) in [6.07, 6.45) is 0. The Morgan fingerprint density at radius 1 is 1.21 bits per heavy atom. The molecule has 0 saturated carbocycles. The average Bonchev–Trinajstić information content (AvgIpc) is 3.44. The summed E-state index contributed by atoms with van der Waals surface area (Å²) >= 11 is 2.50. The van der Waals surface area contributed by atoms with Gasteiger partial charge in [0.2, 0.25) is 0 Å². The van der Waals surface area contributed by atoms with Crippen LogP contribution in [0.15, 0.2) is 29.6 Å². The minimum atomic E-state index is -0.350. The lowest BCUT2D eigenvalue weighted by atomic mass is 10.2. The number of rotatable bonds is 6. The van der Waals surface area contributed by atoms with Gasteiger partial charge in [0.15, 0.2) is 10.8 Å². The largest absolute Gasteiger partial charge is 0.497 e. The molecular weight excluding hydrogens is 410 g/mol. The molecule has 0 atom stereocenters. The first-order valence-corrected chi connectivity index (χ1v) is 10.3. The van der Waals surface area contributed by atoms with Gasteiger partial charge in [-0.25, -0.2) is 9.67 Å². The first-order valence-electron chi connectivity index (χ1n) is 8.64. The molecule has 4 rings (SSSR count). The highest BCUT2D eigenvalue weighted by Crippen LogP contribution is 2.26. The van der Waals surface area contributed by atoms with E-state index in [2.05, 4.69) is 29.4 Å². The predicted octanol–water partition coefficient (Wildman–Crippen LogP) is 3.18. The highest BCUT2D eigenvalue weighted by Gasteiger charge is 2.19. The monoisotopic (exact) mass is 427 g/mol. The smallest absolute Gasteiger partial charge is 0.279 e. The maximum atomic E-state index is 12.6. The molecule has 29 heavy (non-hydrogen) atoms. The molecule has 0 fully saturated rings. The number of hydrogen-bond acceptors (Lipinski definition) is 9. The van der Waals surface area contributed by atoms with Crippen LogP contribution in [0.5, 0.6) is 5.75 Å². The zero-order valence-corrected chi connectivity index (χ0v) is 17.5. The van der Waals surface area contributed by atoms with Crippen LogP contribution in [0.1, 0.15) is 27.6 Å². The van der Waals surface area contributed by atoms with Crippen molar-refractivity contribution in [3.8, 4) is 17.0 Å². The summed E-state index contributed by atoms with van der Waals surface area (Å²) in [6, 6.07) is 7.58. The Labute approximate surface area is 174 Å². The SMILES string of the molecule is COc1ccc(-c2csc(NC(=O)c3nnn(Cc4nsnc4C)c3C)n2)cc1. The standard InChI is InChI=1S/C18H17N7O2S2/c1-10-14(23-29-22-10)8-25-11(2)16(21-24-25)17(26)20-18-19-15(9-28-18)12-4-6-13(27-3)7-5-12/h4-7,9H,8H2,1-3H3,(H,19,20,26). The molecule has 0 bridgehead atoms. The third-order valence-corrected chi connectivity index (χ3v) is 5.77. The number of nitrogens with zero attached hydrogens (tertiary/aromatic N) is 6. The molecule has 0 unspecified atom stereocenters. The van der Waals surface area contributed by atoms with E-state index in [0.29, 0.717) is 17.4 Å². The minimum absolute atomic E-state index is 0.257. The van der Waals surface area contributed by atoms with E-state index in [1.54, 1.807) is 18.7 Å². The Morgan fingerprint density at radius 2 is 2.00 bits per heavy atom. The van der Waals surface area contributed by atoms with Crippen molar-refractivity contribution in [2.75, 3.05) is 12.4 Å². The van der Waals surface area contributed by atoms with Gasteiger partial charge in [0.1, 0.15) is 5.75 Å². The Balaban J connectivity index is 1.47. The molecule has 1 aromatic carbocycles. The molecule has 0 aliphatic rings. The second kappa shape index (κ2) is 8.05. The first kappa shape index (κ1) is 19.2. The minimum Gasteiger partial charge on any atom is -0.497 e. The van der Waals surface area contributed by atoms with Crippen molar-refractivity contribution in [2.45, 2.75) is 20.4 Å². The molecule has 0 radical (unpaired) electrons. The van der Waals surface area contributed by atoms with Crippen molar-refractivity contribution >= 4 is 34.1 Å². The van der Waals surface area contributed by atoms with Gasteiger partial charge in [-0.15, -0.1) is 16.4 Å². The highest BCUT2D eigenvalue weighted by atomic mass is 32.1. The van der Waals surface area contributed by atoms with Gasteiger partial charge in [0.05, 0.1) is 48.2 Å². The molecule has 0 aliphatic carbocycles. The summed E-state index contributed by atoms with van der Waals surface area (Å²) in [7, 11) is 1.62. The fourth-order valence-corrected chi connectivity index (χ4v) is 3.91. The number of amides is 1. The summed E-state index contributed by atoms with van der Waals surface area (Å²) in [5, 5.41) is 13.3. The van der Waals surface area contributed by atoms with Crippen LogP contribution in [0.3, 0.4) is 0 Å². The molecule has 11 heteroatoms. The number of carbonyl (C=O) groups excluding carboxylic acids is 1. The van der Waals surface area contributed by atoms with Crippen LogP contribution < -0.4 is 10.1 Å². The second-order valence-corrected chi connectivity index (χ2v) is 7.58. The number of anilines is 1. The number of methoxy groups -OCH3 is 1. The summed E-state index contributed by atoms with van der Waals surface area (Å²) in [4.78, 5) is 17.1. The summed E-state index contributed by atoms with van der Waals surface area (Å²) in [5.41, 5.74) is 4.30. The molecule has 3 aromatic heterocycles. The number of nitrogens with one attached hydrogen (secondary N) is 1. The summed E-state index contributed by atoms with van der Waals surface area (Å²) in [5.74, 6) is 0.428. The number of ether oxygens (including phenoxy) is 1. The van der Waals surface area contributed by atoms with E-state index in [0.717, 1.165) is 40.1 Å². The predicted molar refractivity (Wildman–Crippen MR) is 111 cm³/mol. The normalized spacial score (nSPS) is 10.9. The van der Waals surface area contributed by atoms with Gasteiger partial charge < -0.3 is 4.74 Å². The number of carbonyl (C=O) groups is 1. The molecule has 0 saturated heterocycles. The quantitative estimate of drug-likeness (QED) is 0.503. The van der Waals surface area contributed by atoms with E-state index < -0.39 is 0 Å². The van der Waals surface area contributed by atoms with E-state index in [9.17, 15) is 4.79 Å². The van der Waals surface area contributed by atoms with Gasteiger partial charge in [-0.05, 0) is 38.1 Å². The Hall–Kier alpha value is -3.18. The second-order valence-electron chi connectivity index (χ2n) is 6.20. The number of benzene rings is 1. The van der Waals surface area contributed by atoms with Gasteiger partial charge in [0.25, 0.3) is 5.91 Å². The van der Waals surface area contributed by atoms with Gasteiger partial charge in [-0.2, -0.15) is 8.75 Å². The molecule has 0 spiro atoms. The first-order chi connectivity index (χ1) is 14.0. The van der Waals surface area contributed by atoms with Gasteiger partial charge in [-0.3, -0.25) is 10.1 Å². The van der Waals surface area contributed by atoms with E-state index in [1.807, 2.05) is 36.6 Å². The number of aromatic nitrogens is 6. The van der Waals surface area contributed by atoms with Crippen LogP contribution in [0.25, 0.3) is 11.3 Å². The molecule has 1 N–H and O–H groups in total. The van der Waals surface area contributed by atoms with Crippen molar-refractivity contribution in [1.29, 1.82) is 0 Å². The molecular formula is C18H17N7O2S2. The molecule has 148 valence electrons. The van der Waals surface area contributed by atoms with Crippen molar-refractivity contribution in [2.24, 2.45) is 0 Å². The van der Waals surface area contributed by atoms with Crippen molar-refractivity contribution in [1.82, 2.24) is 28.7 Å². The molecule has 1 amide bonds. The van der Waals surface area contributed by atoms with Crippen LogP contribution in [0, 0.1) is 13.8 Å². The van der Waals surface area contributed by atoms with Crippen LogP contribution in [0.2, 0.25) is 0 Å². The van der Waals surface area contributed by atoms with Gasteiger partial charge in [0, 0.05) is 10.9 Å². The maximum Gasteiger partial charge on any atom is 0.279 e. The van der Waals surface area contributed by atoms with Crippen molar-refractivity contribution in [3.05, 3.63) is 52.4 Å². The van der Waals surface area contributed by atoms with Crippen LogP contribution in [-0.4, -0.2) is 41.7 Å². The number of hydrogen-bond donors (Lipinski definition) is 1. The highest BCUT2D eigenvalue weighted by molar-refractivity contribution is 7.14. The maximum absolute atomic E-state index is 12.6. The zero-order chi connectivity index (χ0) is 20.4. The zero-order valence-electron chi connectivity index (χ0n) is 15.9. The van der Waals surface area contributed by atoms with Crippen LogP contribution in [0.4, 0.5) is 5.13 Å². The fraction of sp³-hybridized carbons (Fsp3) is 0.222. The van der Waals surface area contributed by atoms with E-state index in [1.165, 1.54) is 11.3 Å². The number of thiazole rings is 1. The third-order valence-electron chi connectivity index (χ3n) is 4.35. The van der Waals surface area contributed by atoms with Gasteiger partial charge in [-0.1, -0.05) is 5.21 Å². The summed E-state index contributed by atoms with van der Waals surface area (Å²) < 4.78 is 15.2. The lowest BCUT2D eigenvalue weighted by Crippen LogP contribution is -2.14. The molecule has 4 aromatic rings. The lowest BCUT2D eigenvalue weighted by molar-refractivity contribution is 0.102. The van der Waals surface area contributed by atoms with Crippen LogP contribution in [-0.2, 0) is 6.54 Å². The summed E-state index contributed by atoms with van der Waals surface area (Å²) in [6.45, 7) is 4.11. The topological polar surface area (TPSA) is 108 Å². The molecule has 9 nitrogen and oxygen atoms in total. The average molecular weight is 428 g/mol. The van der Waals surface area contributed by atoms with Crippen molar-refractivity contribution < 1.29 is 9.53 Å². The van der Waals surface area contributed by atoms with E-state index in [4.69, 9.17) is 4.74 Å². The fourth-order valence-electron chi connectivity index (χ4n) is 2.64. The van der Waals surface area contributed by atoms with Crippen molar-refractivity contribution in [3.63, 3.8) is 0 Å².